The molecular weight excluding hydrogens is 324 g/mol. The van der Waals surface area contributed by atoms with Crippen LogP contribution in [-0.4, -0.2) is 51.5 Å². The second-order valence-corrected chi connectivity index (χ2v) is 7.44. The highest BCUT2D eigenvalue weighted by Crippen LogP contribution is 2.34. The van der Waals surface area contributed by atoms with Crippen LogP contribution in [0.4, 0.5) is 0 Å². The van der Waals surface area contributed by atoms with Crippen LogP contribution in [0.15, 0.2) is 9.63 Å². The van der Waals surface area contributed by atoms with E-state index in [1.54, 1.807) is 0 Å². The van der Waals surface area contributed by atoms with E-state index in [1.165, 1.54) is 16.0 Å². The molecule has 0 bridgehead atoms. The predicted octanol–water partition coefficient (Wildman–Crippen LogP) is -0.0310. The Morgan fingerprint density at radius 2 is 2.00 bits per heavy atom. The predicted molar refractivity (Wildman–Crippen MR) is 67.2 cm³/mol. The molecule has 1 aliphatic rings. The summed E-state index contributed by atoms with van der Waals surface area (Å²) in [6.07, 6.45) is 0. The van der Waals surface area contributed by atoms with Gasteiger partial charge in [-0.05, 0) is 21.8 Å². The third kappa shape index (κ3) is 1.98. The zero-order valence-corrected chi connectivity index (χ0v) is 12.7. The largest absolute Gasteiger partial charge is 0.387 e. The molecule has 1 aromatic heterocycles. The number of aliphatic hydroxyl groups is 1. The normalized spacial score (nSPS) is 20.1. The second kappa shape index (κ2) is 4.26. The van der Waals surface area contributed by atoms with Crippen molar-refractivity contribution in [1.82, 2.24) is 19.3 Å². The van der Waals surface area contributed by atoms with Gasteiger partial charge in [-0.3, -0.25) is 0 Å². The number of aromatic nitrogens is 3. The van der Waals surface area contributed by atoms with Crippen molar-refractivity contribution in [3.05, 3.63) is 4.60 Å². The van der Waals surface area contributed by atoms with Crippen molar-refractivity contribution in [2.24, 2.45) is 13.0 Å². The van der Waals surface area contributed by atoms with E-state index in [2.05, 4.69) is 26.2 Å². The Hall–Kier alpha value is -0.510. The summed E-state index contributed by atoms with van der Waals surface area (Å²) in [5.74, 6) is 0.0112. The number of halogens is 1. The van der Waals surface area contributed by atoms with Crippen molar-refractivity contribution >= 4 is 26.0 Å². The number of hydrogen-bond acceptors (Lipinski definition) is 5. The van der Waals surface area contributed by atoms with Crippen molar-refractivity contribution in [2.45, 2.75) is 24.5 Å². The zero-order chi connectivity index (χ0) is 13.7. The summed E-state index contributed by atoms with van der Waals surface area (Å²) in [7, 11) is -2.15. The second-order valence-electron chi connectivity index (χ2n) is 4.84. The molecule has 1 fully saturated rings. The van der Waals surface area contributed by atoms with E-state index in [-0.39, 0.29) is 28.6 Å². The Morgan fingerprint density at radius 1 is 1.44 bits per heavy atom. The number of nitrogens with zero attached hydrogens (tertiary/aromatic N) is 4. The lowest BCUT2D eigenvalue weighted by molar-refractivity contribution is -0.0933. The quantitative estimate of drug-likeness (QED) is 0.835. The third-order valence-corrected chi connectivity index (χ3v) is 5.98. The van der Waals surface area contributed by atoms with Crippen molar-refractivity contribution in [3.8, 4) is 0 Å². The molecule has 2 rings (SSSR count). The molecule has 0 atom stereocenters. The summed E-state index contributed by atoms with van der Waals surface area (Å²) in [5, 5.41) is 17.4. The zero-order valence-electron chi connectivity index (χ0n) is 10.3. The minimum Gasteiger partial charge on any atom is -0.387 e. The van der Waals surface area contributed by atoms with Crippen LogP contribution in [0, 0.1) is 5.92 Å². The summed E-state index contributed by atoms with van der Waals surface area (Å²) in [6, 6.07) is 0. The average Bonchev–Trinajstić information content (AvgIpc) is 2.53. The van der Waals surface area contributed by atoms with Gasteiger partial charge in [0.2, 0.25) is 5.03 Å². The lowest BCUT2D eigenvalue weighted by Crippen LogP contribution is -2.65. The summed E-state index contributed by atoms with van der Waals surface area (Å²) >= 11 is 3.07. The van der Waals surface area contributed by atoms with Crippen LogP contribution in [0.2, 0.25) is 0 Å². The molecule has 0 radical (unpaired) electrons. The van der Waals surface area contributed by atoms with Crippen molar-refractivity contribution < 1.29 is 13.5 Å². The molecule has 1 N–H and O–H groups in total. The van der Waals surface area contributed by atoms with Gasteiger partial charge in [-0.15, -0.1) is 5.10 Å². The van der Waals surface area contributed by atoms with Crippen LogP contribution >= 0.6 is 15.9 Å². The molecule has 7 nitrogen and oxygen atoms in total. The first kappa shape index (κ1) is 13.9. The molecule has 0 aromatic carbocycles. The van der Waals surface area contributed by atoms with Crippen LogP contribution in [-0.2, 0) is 17.1 Å². The summed E-state index contributed by atoms with van der Waals surface area (Å²) in [6.45, 7) is 3.94. The monoisotopic (exact) mass is 338 g/mol. The lowest BCUT2D eigenvalue weighted by atomic mass is 9.85. The first-order valence-corrected chi connectivity index (χ1v) is 7.69. The Kier molecular flexibility index (Phi) is 3.29. The van der Waals surface area contributed by atoms with Gasteiger partial charge in [0.25, 0.3) is 10.0 Å². The summed E-state index contributed by atoms with van der Waals surface area (Å²) in [4.78, 5) is 0. The fourth-order valence-electron chi connectivity index (χ4n) is 1.82. The fraction of sp³-hybridized carbons (Fsp3) is 0.778. The first-order chi connectivity index (χ1) is 8.18. The molecule has 0 unspecified atom stereocenters. The van der Waals surface area contributed by atoms with Crippen LogP contribution in [0.25, 0.3) is 0 Å². The standard InChI is InChI=1S/C9H15BrN4O3S/c1-6(2)9(15)4-14(5-9)18(16,17)8-7(10)11-12-13(8)3/h6,15H,4-5H2,1-3H3. The fourth-order valence-corrected chi connectivity index (χ4v) is 4.42. The van der Waals surface area contributed by atoms with Gasteiger partial charge in [0.15, 0.2) is 4.60 Å². The Labute approximate surface area is 114 Å². The lowest BCUT2D eigenvalue weighted by Gasteiger charge is -2.47. The number of aryl methyl sites for hydroxylation is 1. The molecule has 9 heteroatoms. The smallest absolute Gasteiger partial charge is 0.263 e. The third-order valence-electron chi connectivity index (χ3n) is 3.30. The van der Waals surface area contributed by atoms with Crippen molar-refractivity contribution in [3.63, 3.8) is 0 Å². The van der Waals surface area contributed by atoms with Gasteiger partial charge >= 0.3 is 0 Å². The molecule has 18 heavy (non-hydrogen) atoms. The van der Waals surface area contributed by atoms with Gasteiger partial charge in [0, 0.05) is 20.1 Å². The molecule has 0 aliphatic carbocycles. The summed E-state index contributed by atoms with van der Waals surface area (Å²) < 4.78 is 27.2. The van der Waals surface area contributed by atoms with Crippen LogP contribution < -0.4 is 0 Å². The molecular formula is C9H15BrN4O3S. The maximum Gasteiger partial charge on any atom is 0.263 e. The van der Waals surface area contributed by atoms with E-state index < -0.39 is 15.6 Å². The van der Waals surface area contributed by atoms with E-state index in [1.807, 2.05) is 13.8 Å². The molecule has 102 valence electrons. The topological polar surface area (TPSA) is 88.3 Å². The first-order valence-electron chi connectivity index (χ1n) is 5.46. The van der Waals surface area contributed by atoms with E-state index in [9.17, 15) is 13.5 Å². The highest BCUT2D eigenvalue weighted by atomic mass is 79.9. The number of rotatable bonds is 3. The van der Waals surface area contributed by atoms with E-state index in [4.69, 9.17) is 0 Å². The SMILES string of the molecule is CC(C)C1(O)CN(S(=O)(=O)c2c(Br)nnn2C)C1. The van der Waals surface area contributed by atoms with Gasteiger partial charge in [-0.1, -0.05) is 19.1 Å². The van der Waals surface area contributed by atoms with E-state index in [0.29, 0.717) is 0 Å². The molecule has 1 saturated heterocycles. The molecule has 1 aliphatic heterocycles. The molecule has 1 aromatic rings. The molecule has 0 spiro atoms. The van der Waals surface area contributed by atoms with Gasteiger partial charge in [0.1, 0.15) is 0 Å². The van der Waals surface area contributed by atoms with Gasteiger partial charge in [-0.25, -0.2) is 13.1 Å². The van der Waals surface area contributed by atoms with E-state index in [0.717, 1.165) is 0 Å². The Bertz CT molecular complexity index is 543. The van der Waals surface area contributed by atoms with Gasteiger partial charge in [0.05, 0.1) is 5.60 Å². The number of sulfonamides is 1. The molecule has 2 heterocycles. The van der Waals surface area contributed by atoms with Crippen LogP contribution in [0.3, 0.4) is 0 Å². The maximum absolute atomic E-state index is 12.3. The number of hydrogen-bond donors (Lipinski definition) is 1. The minimum absolute atomic E-state index is 0.00769. The van der Waals surface area contributed by atoms with Crippen LogP contribution in [0.5, 0.6) is 0 Å². The summed E-state index contributed by atoms with van der Waals surface area (Å²) in [5.41, 5.74) is -0.939. The Balaban J connectivity index is 2.26. The minimum atomic E-state index is -3.66. The number of β-amino-alcohol motifs (C(OH)–C–C–N with tert-alkyl or cyclic N) is 1. The van der Waals surface area contributed by atoms with Gasteiger partial charge in [-0.2, -0.15) is 4.31 Å². The highest BCUT2D eigenvalue weighted by molar-refractivity contribution is 9.10. The average molecular weight is 339 g/mol. The molecule has 0 amide bonds. The molecule has 0 saturated carbocycles. The van der Waals surface area contributed by atoms with Crippen molar-refractivity contribution in [2.75, 3.05) is 13.1 Å². The maximum atomic E-state index is 12.3. The highest BCUT2D eigenvalue weighted by Gasteiger charge is 2.50. The van der Waals surface area contributed by atoms with Crippen molar-refractivity contribution in [1.29, 1.82) is 0 Å². The van der Waals surface area contributed by atoms with Gasteiger partial charge < -0.3 is 5.11 Å². The van der Waals surface area contributed by atoms with E-state index >= 15 is 0 Å². The Morgan fingerprint density at radius 3 is 2.39 bits per heavy atom. The van der Waals surface area contributed by atoms with Crippen LogP contribution in [0.1, 0.15) is 13.8 Å².